The number of carbonyl (C=O) groups is 2. The van der Waals surface area contributed by atoms with Crippen LogP contribution in [0.2, 0.25) is 0 Å². The van der Waals surface area contributed by atoms with Crippen LogP contribution in [0.25, 0.3) is 0 Å². The molecule has 1 aromatic carbocycles. The normalized spacial score (nSPS) is 18.9. The van der Waals surface area contributed by atoms with Gasteiger partial charge in [0.1, 0.15) is 5.60 Å². The molecule has 2 fully saturated rings. The molecule has 0 aliphatic carbocycles. The van der Waals surface area contributed by atoms with Gasteiger partial charge in [0, 0.05) is 43.6 Å². The van der Waals surface area contributed by atoms with E-state index in [1.54, 1.807) is 0 Å². The van der Waals surface area contributed by atoms with Crippen molar-refractivity contribution in [2.75, 3.05) is 42.9 Å². The highest BCUT2D eigenvalue weighted by atomic mass is 16.6. The van der Waals surface area contributed by atoms with Crippen LogP contribution < -0.4 is 15.5 Å². The molecule has 3 rings (SSSR count). The molecule has 7 nitrogen and oxygen atoms in total. The van der Waals surface area contributed by atoms with Crippen molar-refractivity contribution in [3.8, 4) is 0 Å². The molecule has 0 unspecified atom stereocenters. The Hall–Kier alpha value is -2.28. The summed E-state index contributed by atoms with van der Waals surface area (Å²) in [6.45, 7) is 9.73. The Morgan fingerprint density at radius 1 is 0.968 bits per heavy atom. The summed E-state index contributed by atoms with van der Waals surface area (Å²) in [5.41, 5.74) is 1.58. The maximum atomic E-state index is 12.5. The number of piperidine rings is 1. The van der Waals surface area contributed by atoms with Crippen molar-refractivity contribution in [2.24, 2.45) is 0 Å². The van der Waals surface area contributed by atoms with Gasteiger partial charge < -0.3 is 20.3 Å². The Morgan fingerprint density at radius 3 is 2.16 bits per heavy atom. The van der Waals surface area contributed by atoms with Gasteiger partial charge in [-0.25, -0.2) is 4.79 Å². The number of likely N-dealkylation sites (tertiary alicyclic amines) is 1. The summed E-state index contributed by atoms with van der Waals surface area (Å²) in [6, 6.07) is 8.30. The molecule has 7 heteroatoms. The lowest BCUT2D eigenvalue weighted by Gasteiger charge is -2.32. The van der Waals surface area contributed by atoms with E-state index in [1.807, 2.05) is 32.9 Å². The number of nitrogens with one attached hydrogen (secondary N) is 2. The van der Waals surface area contributed by atoms with Gasteiger partial charge in [-0.3, -0.25) is 9.69 Å². The summed E-state index contributed by atoms with van der Waals surface area (Å²) in [5, 5.41) is 5.94. The van der Waals surface area contributed by atoms with Crippen LogP contribution in [-0.2, 0) is 9.53 Å². The van der Waals surface area contributed by atoms with Gasteiger partial charge in [0.15, 0.2) is 0 Å². The number of amides is 2. The predicted molar refractivity (Wildman–Crippen MR) is 125 cm³/mol. The van der Waals surface area contributed by atoms with Crippen molar-refractivity contribution in [3.63, 3.8) is 0 Å². The number of carbonyl (C=O) groups excluding carboxylic acids is 2. The third-order valence-electron chi connectivity index (χ3n) is 5.80. The van der Waals surface area contributed by atoms with E-state index in [1.165, 1.54) is 31.4 Å². The number of hydrogen-bond donors (Lipinski definition) is 2. The second-order valence-corrected chi connectivity index (χ2v) is 9.69. The van der Waals surface area contributed by atoms with Crippen LogP contribution in [0.4, 0.5) is 16.2 Å². The van der Waals surface area contributed by atoms with E-state index in [9.17, 15) is 9.59 Å². The van der Waals surface area contributed by atoms with Gasteiger partial charge in [0.2, 0.25) is 5.91 Å². The van der Waals surface area contributed by atoms with Crippen LogP contribution in [0.1, 0.15) is 59.3 Å². The fourth-order valence-electron chi connectivity index (χ4n) is 4.20. The number of hydrogen-bond acceptors (Lipinski definition) is 5. The van der Waals surface area contributed by atoms with Crippen molar-refractivity contribution in [3.05, 3.63) is 24.3 Å². The number of alkyl carbamates (subject to hydrolysis) is 1. The fraction of sp³-hybridized carbons (Fsp3) is 0.667. The molecule has 2 N–H and O–H groups in total. The van der Waals surface area contributed by atoms with Gasteiger partial charge >= 0.3 is 6.09 Å². The van der Waals surface area contributed by atoms with Crippen molar-refractivity contribution >= 4 is 23.4 Å². The number of ether oxygens (including phenoxy) is 1. The van der Waals surface area contributed by atoms with E-state index in [-0.39, 0.29) is 18.0 Å². The zero-order valence-electron chi connectivity index (χ0n) is 19.3. The summed E-state index contributed by atoms with van der Waals surface area (Å²) in [4.78, 5) is 29.0. The fourth-order valence-corrected chi connectivity index (χ4v) is 4.20. The van der Waals surface area contributed by atoms with Gasteiger partial charge in [-0.05, 0) is 70.7 Å². The topological polar surface area (TPSA) is 73.9 Å². The zero-order chi connectivity index (χ0) is 22.3. The van der Waals surface area contributed by atoms with E-state index < -0.39 is 5.60 Å². The van der Waals surface area contributed by atoms with E-state index in [0.29, 0.717) is 6.54 Å². The minimum atomic E-state index is -0.492. The lowest BCUT2D eigenvalue weighted by Crippen LogP contribution is -2.47. The van der Waals surface area contributed by atoms with Gasteiger partial charge in [0.25, 0.3) is 0 Å². The summed E-state index contributed by atoms with van der Waals surface area (Å²) in [5.74, 6) is 0.000994. The molecule has 1 aromatic rings. The van der Waals surface area contributed by atoms with Crippen LogP contribution in [0.15, 0.2) is 24.3 Å². The molecule has 0 atom stereocenters. The molecule has 2 saturated heterocycles. The number of anilines is 2. The van der Waals surface area contributed by atoms with Crippen molar-refractivity contribution in [2.45, 2.75) is 70.9 Å². The van der Waals surface area contributed by atoms with Gasteiger partial charge in [0.05, 0.1) is 6.54 Å². The summed E-state index contributed by atoms with van der Waals surface area (Å²) >= 11 is 0. The Kier molecular flexibility index (Phi) is 8.18. The largest absolute Gasteiger partial charge is 0.444 e. The summed E-state index contributed by atoms with van der Waals surface area (Å²) in [7, 11) is 0. The quantitative estimate of drug-likeness (QED) is 0.739. The number of nitrogens with zero attached hydrogens (tertiary/aromatic N) is 2. The van der Waals surface area contributed by atoms with Crippen LogP contribution in [0, 0.1) is 0 Å². The SMILES string of the molecule is CC(C)(C)OC(=O)NC1CCN(CC(=O)Nc2ccc(N3CCCCCC3)cc2)CC1. The highest BCUT2D eigenvalue weighted by Crippen LogP contribution is 2.21. The molecule has 172 valence electrons. The highest BCUT2D eigenvalue weighted by Gasteiger charge is 2.24. The van der Waals surface area contributed by atoms with E-state index in [2.05, 4.69) is 32.6 Å². The van der Waals surface area contributed by atoms with Crippen molar-refractivity contribution in [1.29, 1.82) is 0 Å². The predicted octanol–water partition coefficient (Wildman–Crippen LogP) is 3.99. The number of benzene rings is 1. The second-order valence-electron chi connectivity index (χ2n) is 9.69. The van der Waals surface area contributed by atoms with Crippen LogP contribution in [0.5, 0.6) is 0 Å². The molecule has 0 aromatic heterocycles. The molecular weight excluding hydrogens is 392 g/mol. The average molecular weight is 431 g/mol. The van der Waals surface area contributed by atoms with Crippen LogP contribution in [0.3, 0.4) is 0 Å². The summed E-state index contributed by atoms with van der Waals surface area (Å²) < 4.78 is 5.32. The molecule has 31 heavy (non-hydrogen) atoms. The molecule has 0 spiro atoms. The molecular formula is C24H38N4O3. The first kappa shape index (κ1) is 23.4. The first-order valence-electron chi connectivity index (χ1n) is 11.7. The Bertz CT molecular complexity index is 713. The molecule has 0 saturated carbocycles. The first-order valence-corrected chi connectivity index (χ1v) is 11.7. The molecule has 2 aliphatic heterocycles. The Morgan fingerprint density at radius 2 is 1.58 bits per heavy atom. The van der Waals surface area contributed by atoms with Gasteiger partial charge in [-0.2, -0.15) is 0 Å². The maximum absolute atomic E-state index is 12.5. The monoisotopic (exact) mass is 430 g/mol. The van der Waals surface area contributed by atoms with Crippen LogP contribution in [-0.4, -0.2) is 61.3 Å². The second kappa shape index (κ2) is 10.8. The lowest BCUT2D eigenvalue weighted by molar-refractivity contribution is -0.117. The third kappa shape index (κ3) is 8.05. The highest BCUT2D eigenvalue weighted by molar-refractivity contribution is 5.92. The molecule has 2 heterocycles. The summed E-state index contributed by atoms with van der Waals surface area (Å²) in [6.07, 6.45) is 6.41. The van der Waals surface area contributed by atoms with E-state index >= 15 is 0 Å². The van der Waals surface area contributed by atoms with E-state index in [4.69, 9.17) is 4.74 Å². The van der Waals surface area contributed by atoms with Gasteiger partial charge in [-0.1, -0.05) is 12.8 Å². The molecule has 2 amide bonds. The molecule has 0 bridgehead atoms. The number of rotatable bonds is 5. The third-order valence-corrected chi connectivity index (χ3v) is 5.80. The Labute approximate surface area is 186 Å². The first-order chi connectivity index (χ1) is 14.8. The smallest absolute Gasteiger partial charge is 0.407 e. The average Bonchev–Trinajstić information content (AvgIpc) is 2.98. The molecule has 2 aliphatic rings. The van der Waals surface area contributed by atoms with Crippen LogP contribution >= 0.6 is 0 Å². The van der Waals surface area contributed by atoms with E-state index in [0.717, 1.165) is 44.7 Å². The minimum absolute atomic E-state index is 0.000994. The molecule has 0 radical (unpaired) electrons. The maximum Gasteiger partial charge on any atom is 0.407 e. The zero-order valence-corrected chi connectivity index (χ0v) is 19.3. The minimum Gasteiger partial charge on any atom is -0.444 e. The standard InChI is InChI=1S/C24H38N4O3/c1-24(2,3)31-23(30)26-20-12-16-27(17-13-20)18-22(29)25-19-8-10-21(11-9-19)28-14-6-4-5-7-15-28/h8-11,20H,4-7,12-18H2,1-3H3,(H,25,29)(H,26,30). The van der Waals surface area contributed by atoms with Crippen molar-refractivity contribution < 1.29 is 14.3 Å². The van der Waals surface area contributed by atoms with Crippen molar-refractivity contribution in [1.82, 2.24) is 10.2 Å². The Balaban J connectivity index is 1.39. The lowest BCUT2D eigenvalue weighted by atomic mass is 10.1. The van der Waals surface area contributed by atoms with Gasteiger partial charge in [-0.15, -0.1) is 0 Å².